The number of hydrogen-bond donors (Lipinski definition) is 4. The maximum Gasteiger partial charge on any atom is 0.186 e. The Bertz CT molecular complexity index is 143. The Morgan fingerprint density at radius 3 is 2.23 bits per heavy atom. The van der Waals surface area contributed by atoms with Crippen LogP contribution in [0.3, 0.4) is 0 Å². The number of methoxy groups -OCH3 is 1. The molecule has 0 bridgehead atoms. The van der Waals surface area contributed by atoms with Gasteiger partial charge in [0.15, 0.2) is 6.29 Å². The number of hydrogen-bond acceptors (Lipinski definition) is 6. The lowest BCUT2D eigenvalue weighted by Gasteiger charge is -2.38. The second-order valence-corrected chi connectivity index (χ2v) is 2.93. The van der Waals surface area contributed by atoms with Gasteiger partial charge in [-0.25, -0.2) is 0 Å². The van der Waals surface area contributed by atoms with Crippen LogP contribution < -0.4 is 0 Å². The molecular weight excluding hydrogens is 180 g/mol. The first-order chi connectivity index (χ1) is 6.11. The summed E-state index contributed by atoms with van der Waals surface area (Å²) < 4.78 is 9.65. The molecule has 0 aliphatic carbocycles. The van der Waals surface area contributed by atoms with Crippen LogP contribution in [0, 0.1) is 0 Å². The van der Waals surface area contributed by atoms with Crippen molar-refractivity contribution in [2.75, 3.05) is 13.7 Å². The summed E-state index contributed by atoms with van der Waals surface area (Å²) in [6.07, 6.45) is -5.91. The Labute approximate surface area is 75.3 Å². The third-order valence-corrected chi connectivity index (χ3v) is 2.08. The Kier molecular flexibility index (Phi) is 3.60. The van der Waals surface area contributed by atoms with E-state index < -0.39 is 37.3 Å². The molecule has 1 saturated heterocycles. The first-order valence-corrected chi connectivity index (χ1v) is 3.95. The molecule has 6 heteroatoms. The van der Waals surface area contributed by atoms with E-state index in [1.54, 1.807) is 0 Å². The molecule has 6 nitrogen and oxygen atoms in total. The van der Waals surface area contributed by atoms with Gasteiger partial charge < -0.3 is 29.9 Å². The number of aliphatic hydroxyl groups is 4. The molecule has 78 valence electrons. The van der Waals surface area contributed by atoms with Crippen LogP contribution in [0.25, 0.3) is 0 Å². The van der Waals surface area contributed by atoms with E-state index >= 15 is 0 Å². The summed E-state index contributed by atoms with van der Waals surface area (Å²) in [6.45, 7) is -0.440. The van der Waals surface area contributed by atoms with Crippen LogP contribution in [0.1, 0.15) is 0 Å². The standard InChI is InChI=1S/C7H14O6/c1-12-7-6(11)5(10)4(9)3(2-8)13-7/h3-11H,2H2,1H3/t3?,4-,5?,6+,7+/m1/s1. The van der Waals surface area contributed by atoms with Gasteiger partial charge in [-0.15, -0.1) is 0 Å². The predicted molar refractivity (Wildman–Crippen MR) is 40.8 cm³/mol. The fourth-order valence-electron chi connectivity index (χ4n) is 1.26. The Hall–Kier alpha value is -0.240. The van der Waals surface area contributed by atoms with E-state index in [-0.39, 0.29) is 0 Å². The summed E-state index contributed by atoms with van der Waals surface area (Å²) >= 11 is 0. The third kappa shape index (κ3) is 1.98. The topological polar surface area (TPSA) is 99.4 Å². The van der Waals surface area contributed by atoms with Gasteiger partial charge in [0.1, 0.15) is 24.4 Å². The summed E-state index contributed by atoms with van der Waals surface area (Å²) in [4.78, 5) is 0. The van der Waals surface area contributed by atoms with Crippen LogP contribution in [0.4, 0.5) is 0 Å². The molecule has 0 radical (unpaired) electrons. The van der Waals surface area contributed by atoms with E-state index in [4.69, 9.17) is 14.6 Å². The summed E-state index contributed by atoms with van der Waals surface area (Å²) in [6, 6.07) is 0. The summed E-state index contributed by atoms with van der Waals surface area (Å²) in [7, 11) is 1.30. The van der Waals surface area contributed by atoms with E-state index in [2.05, 4.69) is 0 Å². The molecule has 0 aromatic carbocycles. The van der Waals surface area contributed by atoms with Crippen molar-refractivity contribution in [3.63, 3.8) is 0 Å². The summed E-state index contributed by atoms with van der Waals surface area (Å²) in [5.41, 5.74) is 0. The van der Waals surface area contributed by atoms with Crippen LogP contribution in [0.15, 0.2) is 0 Å². The maximum atomic E-state index is 9.28. The van der Waals surface area contributed by atoms with Crippen molar-refractivity contribution in [1.29, 1.82) is 0 Å². The largest absolute Gasteiger partial charge is 0.394 e. The Balaban J connectivity index is 2.66. The maximum absolute atomic E-state index is 9.28. The highest BCUT2D eigenvalue weighted by molar-refractivity contribution is 4.88. The average molecular weight is 194 g/mol. The molecule has 2 unspecified atom stereocenters. The van der Waals surface area contributed by atoms with Gasteiger partial charge in [0.05, 0.1) is 6.61 Å². The fourth-order valence-corrected chi connectivity index (χ4v) is 1.26. The minimum absolute atomic E-state index is 0.440. The van der Waals surface area contributed by atoms with Crippen molar-refractivity contribution >= 4 is 0 Å². The van der Waals surface area contributed by atoms with Crippen molar-refractivity contribution in [2.24, 2.45) is 0 Å². The molecule has 0 spiro atoms. The van der Waals surface area contributed by atoms with E-state index in [9.17, 15) is 15.3 Å². The highest BCUT2D eigenvalue weighted by Gasteiger charge is 2.43. The number of ether oxygens (including phenoxy) is 2. The summed E-state index contributed by atoms with van der Waals surface area (Å²) in [5, 5.41) is 36.6. The van der Waals surface area contributed by atoms with Crippen molar-refractivity contribution in [1.82, 2.24) is 0 Å². The molecule has 1 heterocycles. The van der Waals surface area contributed by atoms with Crippen LogP contribution in [-0.4, -0.2) is 64.8 Å². The SMILES string of the molecule is CO[C@H]1OC(CO)[C@@H](O)C(O)[C@@H]1O. The molecule has 0 amide bonds. The second kappa shape index (κ2) is 4.32. The fraction of sp³-hybridized carbons (Fsp3) is 1.00. The van der Waals surface area contributed by atoms with E-state index in [1.807, 2.05) is 0 Å². The molecule has 1 fully saturated rings. The molecule has 4 N–H and O–H groups in total. The van der Waals surface area contributed by atoms with Gasteiger partial charge in [0, 0.05) is 7.11 Å². The van der Waals surface area contributed by atoms with Gasteiger partial charge in [0.2, 0.25) is 0 Å². The zero-order valence-electron chi connectivity index (χ0n) is 7.20. The predicted octanol–water partition coefficient (Wildman–Crippen LogP) is -2.57. The lowest BCUT2D eigenvalue weighted by atomic mass is 9.99. The highest BCUT2D eigenvalue weighted by atomic mass is 16.7. The molecule has 1 rings (SSSR count). The molecular formula is C7H14O6. The van der Waals surface area contributed by atoms with Gasteiger partial charge in [-0.1, -0.05) is 0 Å². The van der Waals surface area contributed by atoms with Crippen molar-refractivity contribution in [2.45, 2.75) is 30.7 Å². The van der Waals surface area contributed by atoms with Crippen LogP contribution in [0.5, 0.6) is 0 Å². The van der Waals surface area contributed by atoms with Gasteiger partial charge >= 0.3 is 0 Å². The molecule has 13 heavy (non-hydrogen) atoms. The molecule has 1 aliphatic heterocycles. The smallest absolute Gasteiger partial charge is 0.186 e. The first kappa shape index (κ1) is 10.8. The average Bonchev–Trinajstić information content (AvgIpc) is 2.15. The van der Waals surface area contributed by atoms with E-state index in [0.717, 1.165) is 0 Å². The molecule has 1 aliphatic rings. The molecule has 0 aromatic heterocycles. The molecule has 0 saturated carbocycles. The van der Waals surface area contributed by atoms with Crippen molar-refractivity contribution < 1.29 is 29.9 Å². The van der Waals surface area contributed by atoms with Gasteiger partial charge in [-0.05, 0) is 0 Å². The van der Waals surface area contributed by atoms with Crippen LogP contribution in [0.2, 0.25) is 0 Å². The number of rotatable bonds is 2. The van der Waals surface area contributed by atoms with E-state index in [0.29, 0.717) is 0 Å². The Morgan fingerprint density at radius 2 is 1.77 bits per heavy atom. The number of aliphatic hydroxyl groups excluding tert-OH is 4. The monoisotopic (exact) mass is 194 g/mol. The minimum atomic E-state index is -1.36. The second-order valence-electron chi connectivity index (χ2n) is 2.93. The minimum Gasteiger partial charge on any atom is -0.394 e. The van der Waals surface area contributed by atoms with Crippen molar-refractivity contribution in [3.05, 3.63) is 0 Å². The zero-order chi connectivity index (χ0) is 10.0. The van der Waals surface area contributed by atoms with Gasteiger partial charge in [-0.2, -0.15) is 0 Å². The van der Waals surface area contributed by atoms with Crippen molar-refractivity contribution in [3.8, 4) is 0 Å². The van der Waals surface area contributed by atoms with Gasteiger partial charge in [-0.3, -0.25) is 0 Å². The van der Waals surface area contributed by atoms with E-state index in [1.165, 1.54) is 7.11 Å². The van der Waals surface area contributed by atoms with Crippen LogP contribution >= 0.6 is 0 Å². The summed E-state index contributed by atoms with van der Waals surface area (Å²) in [5.74, 6) is 0. The highest BCUT2D eigenvalue weighted by Crippen LogP contribution is 2.20. The lowest BCUT2D eigenvalue weighted by Crippen LogP contribution is -2.58. The molecule has 0 aromatic rings. The Morgan fingerprint density at radius 1 is 1.15 bits per heavy atom. The third-order valence-electron chi connectivity index (χ3n) is 2.08. The van der Waals surface area contributed by atoms with Gasteiger partial charge in [0.25, 0.3) is 0 Å². The van der Waals surface area contributed by atoms with Crippen LogP contribution in [-0.2, 0) is 9.47 Å². The zero-order valence-corrected chi connectivity index (χ0v) is 7.20. The molecule has 5 atom stereocenters. The normalized spacial score (nSPS) is 46.4. The lowest BCUT2D eigenvalue weighted by molar-refractivity contribution is -0.294. The first-order valence-electron chi connectivity index (χ1n) is 3.95. The quantitative estimate of drug-likeness (QED) is 0.386.